The fourth-order valence-corrected chi connectivity index (χ4v) is 2.82. The third-order valence-corrected chi connectivity index (χ3v) is 4.36. The van der Waals surface area contributed by atoms with Crippen LogP contribution in [0, 0.1) is 0 Å². The zero-order valence-electron chi connectivity index (χ0n) is 13.6. The Balaban J connectivity index is 1.90. The number of para-hydroxylation sites is 1. The molecule has 0 aliphatic carbocycles. The van der Waals surface area contributed by atoms with Crippen LogP contribution in [0.4, 0.5) is 5.69 Å². The lowest BCUT2D eigenvalue weighted by Crippen LogP contribution is -2.37. The van der Waals surface area contributed by atoms with E-state index in [1.165, 1.54) is 0 Å². The van der Waals surface area contributed by atoms with Gasteiger partial charge in [0.25, 0.3) is 0 Å². The van der Waals surface area contributed by atoms with Crippen molar-refractivity contribution in [2.45, 2.75) is 32.9 Å². The van der Waals surface area contributed by atoms with Crippen LogP contribution in [0.1, 0.15) is 25.8 Å². The lowest BCUT2D eigenvalue weighted by atomic mass is 10.1. The second kappa shape index (κ2) is 8.73. The summed E-state index contributed by atoms with van der Waals surface area (Å²) in [5, 5.41) is 3.31. The molecule has 0 saturated carbocycles. The zero-order chi connectivity index (χ0) is 16.7. The van der Waals surface area contributed by atoms with Crippen LogP contribution in [0.15, 0.2) is 59.1 Å². The number of carbonyl (C=O) groups excluding carboxylic acids is 1. The number of nitrogens with zero attached hydrogens (tertiary/aromatic N) is 1. The predicted octanol–water partition coefficient (Wildman–Crippen LogP) is 4.69. The first-order valence-electron chi connectivity index (χ1n) is 7.89. The molecule has 0 atom stereocenters. The van der Waals surface area contributed by atoms with Crippen molar-refractivity contribution in [3.05, 3.63) is 64.6 Å². The van der Waals surface area contributed by atoms with E-state index in [2.05, 4.69) is 47.2 Å². The van der Waals surface area contributed by atoms with Gasteiger partial charge in [-0.3, -0.25) is 4.79 Å². The van der Waals surface area contributed by atoms with Crippen molar-refractivity contribution in [3.63, 3.8) is 0 Å². The van der Waals surface area contributed by atoms with Crippen molar-refractivity contribution < 1.29 is 4.79 Å². The topological polar surface area (TPSA) is 32.3 Å². The molecule has 2 rings (SSSR count). The Labute approximate surface area is 146 Å². The average molecular weight is 375 g/mol. The minimum atomic E-state index is 0.170. The first-order valence-corrected chi connectivity index (χ1v) is 8.69. The molecule has 0 aliphatic rings. The summed E-state index contributed by atoms with van der Waals surface area (Å²) in [6, 6.07) is 18.2. The van der Waals surface area contributed by atoms with E-state index >= 15 is 0 Å². The smallest absolute Gasteiger partial charge is 0.224 e. The number of amides is 1. The Bertz CT molecular complexity index is 628. The summed E-state index contributed by atoms with van der Waals surface area (Å²) in [4.78, 5) is 14.5. The van der Waals surface area contributed by atoms with E-state index < -0.39 is 0 Å². The maximum atomic E-state index is 12.5. The molecule has 1 amide bonds. The molecule has 3 nitrogen and oxygen atoms in total. The second-order valence-electron chi connectivity index (χ2n) is 5.76. The molecule has 122 valence electrons. The van der Waals surface area contributed by atoms with Crippen LogP contribution >= 0.6 is 15.9 Å². The molecular formula is C19H23BrN2O. The van der Waals surface area contributed by atoms with Gasteiger partial charge in [-0.25, -0.2) is 0 Å². The summed E-state index contributed by atoms with van der Waals surface area (Å²) in [6.45, 7) is 5.40. The largest absolute Gasteiger partial charge is 0.384 e. The molecule has 0 heterocycles. The van der Waals surface area contributed by atoms with Crippen LogP contribution in [0.3, 0.4) is 0 Å². The SMILES string of the molecule is CC(C)N(Cc1ccccc1)C(=O)CCNc1ccccc1Br. The monoisotopic (exact) mass is 374 g/mol. The van der Waals surface area contributed by atoms with Crippen LogP contribution in [-0.2, 0) is 11.3 Å². The molecule has 0 aromatic heterocycles. The summed E-state index contributed by atoms with van der Waals surface area (Å²) >= 11 is 3.50. The maximum absolute atomic E-state index is 12.5. The molecule has 23 heavy (non-hydrogen) atoms. The van der Waals surface area contributed by atoms with Gasteiger partial charge in [0.15, 0.2) is 0 Å². The van der Waals surface area contributed by atoms with Crippen LogP contribution in [0.2, 0.25) is 0 Å². The van der Waals surface area contributed by atoms with Gasteiger partial charge in [-0.05, 0) is 47.5 Å². The van der Waals surface area contributed by atoms with E-state index in [0.717, 1.165) is 15.7 Å². The van der Waals surface area contributed by atoms with Crippen molar-refractivity contribution in [1.29, 1.82) is 0 Å². The van der Waals surface area contributed by atoms with E-state index in [0.29, 0.717) is 19.5 Å². The summed E-state index contributed by atoms with van der Waals surface area (Å²) in [7, 11) is 0. The molecule has 0 fully saturated rings. The number of anilines is 1. The van der Waals surface area contributed by atoms with Gasteiger partial charge < -0.3 is 10.2 Å². The molecule has 2 aromatic rings. The maximum Gasteiger partial charge on any atom is 0.224 e. The average Bonchev–Trinajstić information content (AvgIpc) is 2.55. The Kier molecular flexibility index (Phi) is 6.66. The predicted molar refractivity (Wildman–Crippen MR) is 99.4 cm³/mol. The van der Waals surface area contributed by atoms with Crippen molar-refractivity contribution in [1.82, 2.24) is 4.90 Å². The van der Waals surface area contributed by atoms with Gasteiger partial charge in [0.05, 0.1) is 0 Å². The summed E-state index contributed by atoms with van der Waals surface area (Å²) in [5.74, 6) is 0.170. The van der Waals surface area contributed by atoms with Crippen molar-refractivity contribution in [2.75, 3.05) is 11.9 Å². The number of carbonyl (C=O) groups is 1. The Morgan fingerprint density at radius 3 is 2.39 bits per heavy atom. The third kappa shape index (κ3) is 5.39. The number of hydrogen-bond acceptors (Lipinski definition) is 2. The van der Waals surface area contributed by atoms with Crippen molar-refractivity contribution in [3.8, 4) is 0 Å². The van der Waals surface area contributed by atoms with E-state index in [-0.39, 0.29) is 11.9 Å². The molecule has 0 unspecified atom stereocenters. The van der Waals surface area contributed by atoms with Gasteiger partial charge in [0, 0.05) is 35.7 Å². The van der Waals surface area contributed by atoms with Crippen molar-refractivity contribution >= 4 is 27.5 Å². The fourth-order valence-electron chi connectivity index (χ4n) is 2.39. The van der Waals surface area contributed by atoms with Crippen molar-refractivity contribution in [2.24, 2.45) is 0 Å². The van der Waals surface area contributed by atoms with E-state index in [4.69, 9.17) is 0 Å². The molecule has 0 radical (unpaired) electrons. The Morgan fingerprint density at radius 1 is 1.09 bits per heavy atom. The summed E-state index contributed by atoms with van der Waals surface area (Å²) in [6.07, 6.45) is 0.479. The molecular weight excluding hydrogens is 352 g/mol. The highest BCUT2D eigenvalue weighted by Gasteiger charge is 2.16. The molecule has 2 aromatic carbocycles. The lowest BCUT2D eigenvalue weighted by molar-refractivity contribution is -0.133. The number of rotatable bonds is 7. The highest BCUT2D eigenvalue weighted by atomic mass is 79.9. The first-order chi connectivity index (χ1) is 11.1. The molecule has 0 spiro atoms. The Hall–Kier alpha value is -1.81. The summed E-state index contributed by atoms with van der Waals surface area (Å²) < 4.78 is 1.01. The fraction of sp³-hybridized carbons (Fsp3) is 0.316. The van der Waals surface area contributed by atoms with Gasteiger partial charge in [0.2, 0.25) is 5.91 Å². The molecule has 0 bridgehead atoms. The first kappa shape index (κ1) is 17.5. The van der Waals surface area contributed by atoms with Gasteiger partial charge in [-0.15, -0.1) is 0 Å². The molecule has 4 heteroatoms. The summed E-state index contributed by atoms with van der Waals surface area (Å²) in [5.41, 5.74) is 2.17. The number of benzene rings is 2. The highest BCUT2D eigenvalue weighted by Crippen LogP contribution is 2.21. The molecule has 0 saturated heterocycles. The van der Waals surface area contributed by atoms with Gasteiger partial charge in [-0.1, -0.05) is 42.5 Å². The zero-order valence-corrected chi connectivity index (χ0v) is 15.2. The lowest BCUT2D eigenvalue weighted by Gasteiger charge is -2.27. The van der Waals surface area contributed by atoms with Crippen LogP contribution < -0.4 is 5.32 Å². The number of hydrogen-bond donors (Lipinski definition) is 1. The number of nitrogens with one attached hydrogen (secondary N) is 1. The Morgan fingerprint density at radius 2 is 1.74 bits per heavy atom. The third-order valence-electron chi connectivity index (χ3n) is 3.67. The quantitative estimate of drug-likeness (QED) is 0.762. The number of halogens is 1. The van der Waals surface area contributed by atoms with Gasteiger partial charge in [-0.2, -0.15) is 0 Å². The van der Waals surface area contributed by atoms with Crippen LogP contribution in [-0.4, -0.2) is 23.4 Å². The van der Waals surface area contributed by atoms with E-state index in [9.17, 15) is 4.79 Å². The van der Waals surface area contributed by atoms with Gasteiger partial charge >= 0.3 is 0 Å². The minimum Gasteiger partial charge on any atom is -0.384 e. The standard InChI is InChI=1S/C19H23BrN2O/c1-15(2)22(14-16-8-4-3-5-9-16)19(23)12-13-21-18-11-7-6-10-17(18)20/h3-11,15,21H,12-14H2,1-2H3. The highest BCUT2D eigenvalue weighted by molar-refractivity contribution is 9.10. The minimum absolute atomic E-state index is 0.170. The van der Waals surface area contributed by atoms with Crippen LogP contribution in [0.25, 0.3) is 0 Å². The van der Waals surface area contributed by atoms with E-state index in [1.54, 1.807) is 0 Å². The normalized spacial score (nSPS) is 10.6. The molecule has 1 N–H and O–H groups in total. The van der Waals surface area contributed by atoms with E-state index in [1.807, 2.05) is 47.4 Å². The van der Waals surface area contributed by atoms with Gasteiger partial charge in [0.1, 0.15) is 0 Å². The van der Waals surface area contributed by atoms with Crippen LogP contribution in [0.5, 0.6) is 0 Å². The second-order valence-corrected chi connectivity index (χ2v) is 6.61. The molecule has 0 aliphatic heterocycles.